The van der Waals surface area contributed by atoms with Gasteiger partial charge in [0.1, 0.15) is 0 Å². The summed E-state index contributed by atoms with van der Waals surface area (Å²) in [6.07, 6.45) is 0. The third kappa shape index (κ3) is 2.43. The molecule has 18 heavy (non-hydrogen) atoms. The molecule has 0 unspecified atom stereocenters. The highest BCUT2D eigenvalue weighted by Crippen LogP contribution is 2.13. The molecule has 0 N–H and O–H groups in total. The Hall–Kier alpha value is -1.68. The number of hydrogen-bond acceptors (Lipinski definition) is 1. The van der Waals surface area contributed by atoms with Crippen molar-refractivity contribution in [3.8, 4) is 0 Å². The zero-order valence-corrected chi connectivity index (χ0v) is 11.4. The average Bonchev–Trinajstić information content (AvgIpc) is 2.40. The maximum atomic E-state index is 14.3. The van der Waals surface area contributed by atoms with Crippen molar-refractivity contribution in [1.82, 2.24) is 0 Å². The SMILES string of the molecule is CN(C)c1ccc([Si](F)(F)c2ccccc2)cc1. The molecule has 0 radical (unpaired) electrons. The molecule has 0 saturated heterocycles. The second kappa shape index (κ2) is 4.90. The van der Waals surface area contributed by atoms with E-state index in [2.05, 4.69) is 0 Å². The maximum absolute atomic E-state index is 14.3. The summed E-state index contributed by atoms with van der Waals surface area (Å²) in [6, 6.07) is 14.6. The Morgan fingerprint density at radius 2 is 1.28 bits per heavy atom. The van der Waals surface area contributed by atoms with Gasteiger partial charge in [0.05, 0.1) is 0 Å². The second-order valence-electron chi connectivity index (χ2n) is 4.38. The molecule has 0 aromatic heterocycles. The van der Waals surface area contributed by atoms with Crippen molar-refractivity contribution < 1.29 is 8.22 Å². The van der Waals surface area contributed by atoms with E-state index in [9.17, 15) is 8.22 Å². The molecule has 0 bridgehead atoms. The number of nitrogens with zero attached hydrogens (tertiary/aromatic N) is 1. The van der Waals surface area contributed by atoms with E-state index in [-0.39, 0.29) is 10.4 Å². The molecule has 1 nitrogen and oxygen atoms in total. The molecule has 0 amide bonds. The van der Waals surface area contributed by atoms with E-state index in [4.69, 9.17) is 0 Å². The lowest BCUT2D eigenvalue weighted by Gasteiger charge is -2.16. The topological polar surface area (TPSA) is 3.24 Å². The summed E-state index contributed by atoms with van der Waals surface area (Å²) in [5, 5.41) is 0.307. The van der Waals surface area contributed by atoms with E-state index in [0.29, 0.717) is 0 Å². The molecule has 2 aromatic carbocycles. The minimum atomic E-state index is -4.53. The lowest BCUT2D eigenvalue weighted by molar-refractivity contribution is 0.654. The molecule has 0 atom stereocenters. The van der Waals surface area contributed by atoms with E-state index in [1.807, 2.05) is 19.0 Å². The first kappa shape index (κ1) is 12.8. The van der Waals surface area contributed by atoms with E-state index in [1.54, 1.807) is 30.3 Å². The van der Waals surface area contributed by atoms with Gasteiger partial charge < -0.3 is 4.90 Å². The summed E-state index contributed by atoms with van der Waals surface area (Å²) < 4.78 is 28.7. The van der Waals surface area contributed by atoms with Crippen LogP contribution in [0.4, 0.5) is 13.9 Å². The number of halogens is 2. The molecule has 0 saturated carbocycles. The molecule has 4 heteroatoms. The zero-order valence-electron chi connectivity index (χ0n) is 10.4. The number of hydrogen-bond donors (Lipinski definition) is 0. The van der Waals surface area contributed by atoms with E-state index in [1.165, 1.54) is 24.3 Å². The highest BCUT2D eigenvalue weighted by molar-refractivity contribution is 6.91. The number of benzene rings is 2. The van der Waals surface area contributed by atoms with Gasteiger partial charge in [-0.25, -0.2) is 0 Å². The molecule has 2 aromatic rings. The van der Waals surface area contributed by atoms with Crippen LogP contribution >= 0.6 is 0 Å². The molecule has 0 fully saturated rings. The van der Waals surface area contributed by atoms with Crippen molar-refractivity contribution in [2.75, 3.05) is 19.0 Å². The minimum absolute atomic E-state index is 0.152. The maximum Gasteiger partial charge on any atom is 0.487 e. The van der Waals surface area contributed by atoms with Gasteiger partial charge in [-0.1, -0.05) is 42.5 Å². The van der Waals surface area contributed by atoms with Crippen LogP contribution in [0.15, 0.2) is 54.6 Å². The predicted molar refractivity (Wildman–Crippen MR) is 74.4 cm³/mol. The average molecular weight is 263 g/mol. The van der Waals surface area contributed by atoms with E-state index >= 15 is 0 Å². The lowest BCUT2D eigenvalue weighted by Crippen LogP contribution is -2.50. The van der Waals surface area contributed by atoms with Gasteiger partial charge in [-0.2, -0.15) is 0 Å². The van der Waals surface area contributed by atoms with Gasteiger partial charge in [-0.15, -0.1) is 0 Å². The monoisotopic (exact) mass is 263 g/mol. The Morgan fingerprint density at radius 3 is 1.78 bits per heavy atom. The van der Waals surface area contributed by atoms with Crippen molar-refractivity contribution in [3.63, 3.8) is 0 Å². The molecule has 0 aliphatic carbocycles. The first-order chi connectivity index (χ1) is 8.51. The van der Waals surface area contributed by atoms with Crippen LogP contribution in [0.2, 0.25) is 0 Å². The van der Waals surface area contributed by atoms with Crippen LogP contribution in [-0.2, 0) is 0 Å². The summed E-state index contributed by atoms with van der Waals surface area (Å²) in [4.78, 5) is 1.89. The fourth-order valence-corrected chi connectivity index (χ4v) is 3.31. The van der Waals surface area contributed by atoms with Crippen LogP contribution in [0.25, 0.3) is 0 Å². The second-order valence-corrected chi connectivity index (χ2v) is 6.69. The molecule has 0 heterocycles. The fourth-order valence-electron chi connectivity index (χ4n) is 1.78. The minimum Gasteiger partial charge on any atom is -0.378 e. The van der Waals surface area contributed by atoms with Crippen molar-refractivity contribution >= 4 is 24.8 Å². The van der Waals surface area contributed by atoms with Crippen LogP contribution in [0.3, 0.4) is 0 Å². The van der Waals surface area contributed by atoms with Crippen molar-refractivity contribution in [2.24, 2.45) is 0 Å². The van der Waals surface area contributed by atoms with Crippen LogP contribution in [-0.4, -0.2) is 22.8 Å². The molecule has 94 valence electrons. The van der Waals surface area contributed by atoms with E-state index in [0.717, 1.165) is 5.69 Å². The standard InChI is InChI=1S/C14H15F2NSi/c1-17(2)12-8-10-14(11-9-12)18(15,16)13-6-4-3-5-7-13/h3-11H,1-2H3. The van der Waals surface area contributed by atoms with Crippen LogP contribution < -0.4 is 15.3 Å². The zero-order chi connectivity index (χ0) is 13.2. The van der Waals surface area contributed by atoms with Crippen LogP contribution in [0.1, 0.15) is 0 Å². The third-order valence-corrected chi connectivity index (χ3v) is 5.00. The Morgan fingerprint density at radius 1 is 0.778 bits per heavy atom. The van der Waals surface area contributed by atoms with Crippen molar-refractivity contribution in [2.45, 2.75) is 0 Å². The van der Waals surface area contributed by atoms with Crippen molar-refractivity contribution in [1.29, 1.82) is 0 Å². The molecule has 2 rings (SSSR count). The highest BCUT2D eigenvalue weighted by atomic mass is 28.4. The molecule has 0 aliphatic heterocycles. The molecule has 0 spiro atoms. The quantitative estimate of drug-likeness (QED) is 0.606. The van der Waals surface area contributed by atoms with E-state index < -0.39 is 8.74 Å². The third-order valence-electron chi connectivity index (χ3n) is 2.88. The molecular weight excluding hydrogens is 248 g/mol. The normalized spacial score (nSPS) is 11.3. The van der Waals surface area contributed by atoms with Gasteiger partial charge in [0.15, 0.2) is 0 Å². The summed E-state index contributed by atoms with van der Waals surface area (Å²) in [5.41, 5.74) is 0.927. The smallest absolute Gasteiger partial charge is 0.378 e. The molecule has 0 aliphatic rings. The van der Waals surface area contributed by atoms with Gasteiger partial charge in [0.25, 0.3) is 0 Å². The summed E-state index contributed by atoms with van der Waals surface area (Å²) in [5.74, 6) is 0. The largest absolute Gasteiger partial charge is 0.487 e. The first-order valence-electron chi connectivity index (χ1n) is 5.73. The van der Waals surface area contributed by atoms with Crippen LogP contribution in [0.5, 0.6) is 0 Å². The number of rotatable bonds is 3. The molecular formula is C14H15F2NSi. The van der Waals surface area contributed by atoms with Gasteiger partial charge in [0.2, 0.25) is 0 Å². The van der Waals surface area contributed by atoms with Gasteiger partial charge in [0, 0.05) is 30.2 Å². The predicted octanol–water partition coefficient (Wildman–Crippen LogP) is 2.25. The first-order valence-corrected chi connectivity index (χ1v) is 7.48. The Balaban J connectivity index is 2.36. The van der Waals surface area contributed by atoms with Crippen molar-refractivity contribution in [3.05, 3.63) is 54.6 Å². The fraction of sp³-hybridized carbons (Fsp3) is 0.143. The highest BCUT2D eigenvalue weighted by Gasteiger charge is 2.40. The van der Waals surface area contributed by atoms with Gasteiger partial charge in [-0.3, -0.25) is 8.22 Å². The Kier molecular flexibility index (Phi) is 3.47. The van der Waals surface area contributed by atoms with Gasteiger partial charge >= 0.3 is 8.74 Å². The van der Waals surface area contributed by atoms with Gasteiger partial charge in [-0.05, 0) is 12.1 Å². The lowest BCUT2D eigenvalue weighted by atomic mass is 10.3. The summed E-state index contributed by atoms with van der Waals surface area (Å²) >= 11 is 0. The summed E-state index contributed by atoms with van der Waals surface area (Å²) in [7, 11) is -0.750. The Bertz CT molecular complexity index is 509. The summed E-state index contributed by atoms with van der Waals surface area (Å²) in [6.45, 7) is 0. The number of anilines is 1. The Labute approximate surface area is 107 Å². The van der Waals surface area contributed by atoms with Crippen LogP contribution in [0, 0.1) is 0 Å².